The molecule has 0 aliphatic rings. The Bertz CT molecular complexity index is 1020. The van der Waals surface area contributed by atoms with Crippen LogP contribution in [0.3, 0.4) is 0 Å². The number of rotatable bonds is 7. The summed E-state index contributed by atoms with van der Waals surface area (Å²) in [5.41, 5.74) is 1.24. The zero-order chi connectivity index (χ0) is 20.0. The van der Waals surface area contributed by atoms with E-state index in [1.165, 1.54) is 0 Å². The van der Waals surface area contributed by atoms with Gasteiger partial charge in [0, 0.05) is 24.3 Å². The van der Waals surface area contributed by atoms with E-state index in [1.54, 1.807) is 54.9 Å². The van der Waals surface area contributed by atoms with Crippen LogP contribution in [0, 0.1) is 0 Å². The minimum atomic E-state index is -3.58. The van der Waals surface area contributed by atoms with Crippen LogP contribution < -0.4 is 10.1 Å². The molecule has 1 atom stereocenters. The summed E-state index contributed by atoms with van der Waals surface area (Å²) in [4.78, 5) is 20.5. The van der Waals surface area contributed by atoms with Crippen molar-refractivity contribution in [3.63, 3.8) is 0 Å². The third kappa shape index (κ3) is 5.37. The maximum absolute atomic E-state index is 12.6. The van der Waals surface area contributed by atoms with Crippen LogP contribution in [-0.4, -0.2) is 35.8 Å². The van der Waals surface area contributed by atoms with Crippen molar-refractivity contribution >= 4 is 21.4 Å². The predicted molar refractivity (Wildman–Crippen MR) is 106 cm³/mol. The minimum absolute atomic E-state index is 0.109. The molecule has 1 N–H and O–H groups in total. The molecule has 8 heteroatoms. The summed E-state index contributed by atoms with van der Waals surface area (Å²) in [6.07, 6.45) is 4.30. The molecule has 0 aliphatic heterocycles. The number of carbonyl (C=O) groups excluding carboxylic acids is 1. The van der Waals surface area contributed by atoms with Crippen LogP contribution in [-0.2, 0) is 21.1 Å². The van der Waals surface area contributed by atoms with Crippen molar-refractivity contribution in [2.75, 3.05) is 11.6 Å². The van der Waals surface area contributed by atoms with Crippen LogP contribution in [0.5, 0.6) is 11.8 Å². The number of hydrogen-bond donors (Lipinski definition) is 1. The van der Waals surface area contributed by atoms with Crippen LogP contribution in [0.4, 0.5) is 5.69 Å². The largest absolute Gasteiger partial charge is 0.424 e. The van der Waals surface area contributed by atoms with Crippen molar-refractivity contribution in [1.82, 2.24) is 9.97 Å². The Labute approximate surface area is 163 Å². The molecular weight excluding hydrogens is 378 g/mol. The first-order valence-corrected chi connectivity index (χ1v) is 10.5. The first-order valence-electron chi connectivity index (χ1n) is 8.50. The quantitative estimate of drug-likeness (QED) is 0.658. The van der Waals surface area contributed by atoms with Gasteiger partial charge < -0.3 is 10.1 Å². The number of amides is 1. The molecule has 3 aromatic rings. The first kappa shape index (κ1) is 19.5. The number of benzene rings is 2. The normalized spacial score (nSPS) is 12.2. The number of nitrogens with one attached hydrogen (secondary N) is 1. The van der Waals surface area contributed by atoms with Gasteiger partial charge in [0.25, 0.3) is 0 Å². The minimum Gasteiger partial charge on any atom is -0.424 e. The van der Waals surface area contributed by atoms with E-state index < -0.39 is 21.0 Å². The number of ether oxygens (including phenoxy) is 1. The van der Waals surface area contributed by atoms with E-state index in [0.717, 1.165) is 11.8 Å². The maximum atomic E-state index is 12.6. The number of carbonyl (C=O) groups is 1. The molecular formula is C20H19N3O4S. The third-order valence-corrected chi connectivity index (χ3v) is 5.36. The monoisotopic (exact) mass is 397 g/mol. The topological polar surface area (TPSA) is 98.2 Å². The Kier molecular flexibility index (Phi) is 6.00. The number of aromatic nitrogens is 2. The van der Waals surface area contributed by atoms with Gasteiger partial charge in [-0.05, 0) is 42.3 Å². The number of hydrogen-bond acceptors (Lipinski definition) is 6. The predicted octanol–water partition coefficient (Wildman–Crippen LogP) is 2.86. The van der Waals surface area contributed by atoms with Crippen molar-refractivity contribution in [2.45, 2.75) is 11.7 Å². The zero-order valence-corrected chi connectivity index (χ0v) is 16.0. The number of anilines is 1. The zero-order valence-electron chi connectivity index (χ0n) is 15.1. The molecule has 0 bridgehead atoms. The summed E-state index contributed by atoms with van der Waals surface area (Å²) in [5, 5.41) is 1.48. The second kappa shape index (κ2) is 8.62. The maximum Gasteiger partial charge on any atom is 0.321 e. The molecule has 0 saturated heterocycles. The Morgan fingerprint density at radius 3 is 2.25 bits per heavy atom. The number of nitrogens with zero attached hydrogens (tertiary/aromatic N) is 2. The second-order valence-corrected chi connectivity index (χ2v) is 8.38. The van der Waals surface area contributed by atoms with Gasteiger partial charge in [-0.25, -0.2) is 18.4 Å². The molecule has 7 nitrogen and oxygen atoms in total. The Morgan fingerprint density at radius 2 is 1.64 bits per heavy atom. The average Bonchev–Trinajstić information content (AvgIpc) is 2.68. The average molecular weight is 397 g/mol. The van der Waals surface area contributed by atoms with E-state index in [1.807, 2.05) is 18.2 Å². The van der Waals surface area contributed by atoms with Crippen molar-refractivity contribution in [2.24, 2.45) is 0 Å². The molecule has 0 aliphatic carbocycles. The van der Waals surface area contributed by atoms with Gasteiger partial charge in [0.1, 0.15) is 11.0 Å². The lowest BCUT2D eigenvalue weighted by Gasteiger charge is -2.15. The number of sulfone groups is 1. The molecule has 1 aromatic heterocycles. The lowest BCUT2D eigenvalue weighted by Crippen LogP contribution is -2.36. The third-order valence-electron chi connectivity index (χ3n) is 3.95. The summed E-state index contributed by atoms with van der Waals surface area (Å²) < 4.78 is 29.7. The lowest BCUT2D eigenvalue weighted by atomic mass is 10.1. The summed E-state index contributed by atoms with van der Waals surface area (Å²) >= 11 is 0. The Morgan fingerprint density at radius 1 is 1.00 bits per heavy atom. The van der Waals surface area contributed by atoms with Crippen molar-refractivity contribution in [1.29, 1.82) is 0 Å². The van der Waals surface area contributed by atoms with Crippen LogP contribution in [0.2, 0.25) is 0 Å². The fourth-order valence-electron chi connectivity index (χ4n) is 2.54. The summed E-state index contributed by atoms with van der Waals surface area (Å²) in [6, 6.07) is 17.4. The molecule has 0 radical (unpaired) electrons. The molecule has 1 unspecified atom stereocenters. The molecule has 2 aromatic carbocycles. The molecule has 0 fully saturated rings. The van der Waals surface area contributed by atoms with Gasteiger partial charge in [0.05, 0.1) is 0 Å². The highest BCUT2D eigenvalue weighted by Crippen LogP contribution is 2.20. The van der Waals surface area contributed by atoms with Gasteiger partial charge in [-0.1, -0.05) is 30.3 Å². The van der Waals surface area contributed by atoms with Crippen LogP contribution in [0.1, 0.15) is 5.56 Å². The van der Waals surface area contributed by atoms with E-state index in [2.05, 4.69) is 15.3 Å². The summed E-state index contributed by atoms with van der Waals surface area (Å²) in [6.45, 7) is 0. The van der Waals surface area contributed by atoms with Gasteiger partial charge in [-0.15, -0.1) is 0 Å². The van der Waals surface area contributed by atoms with E-state index in [-0.39, 0.29) is 12.4 Å². The summed E-state index contributed by atoms with van der Waals surface area (Å²) in [7, 11) is -3.58. The molecule has 28 heavy (non-hydrogen) atoms. The van der Waals surface area contributed by atoms with Gasteiger partial charge in [-0.2, -0.15) is 0 Å². The van der Waals surface area contributed by atoms with Crippen molar-refractivity contribution < 1.29 is 17.9 Å². The summed E-state index contributed by atoms with van der Waals surface area (Å²) in [5.74, 6) is -0.0837. The highest BCUT2D eigenvalue weighted by Gasteiger charge is 2.29. The SMILES string of the molecule is CS(=O)(=O)C(Cc1ccccc1)C(=O)Nc1ccc(Oc2ncccn2)cc1. The van der Waals surface area contributed by atoms with Crippen LogP contribution >= 0.6 is 0 Å². The molecule has 1 heterocycles. The molecule has 0 spiro atoms. The highest BCUT2D eigenvalue weighted by molar-refractivity contribution is 7.92. The first-order chi connectivity index (χ1) is 13.4. The molecule has 0 saturated carbocycles. The van der Waals surface area contributed by atoms with E-state index in [4.69, 9.17) is 4.74 Å². The van der Waals surface area contributed by atoms with E-state index in [9.17, 15) is 13.2 Å². The second-order valence-electron chi connectivity index (χ2n) is 6.15. The highest BCUT2D eigenvalue weighted by atomic mass is 32.2. The molecule has 144 valence electrons. The van der Waals surface area contributed by atoms with Gasteiger partial charge >= 0.3 is 6.01 Å². The molecule has 1 amide bonds. The van der Waals surface area contributed by atoms with Crippen molar-refractivity contribution in [3.05, 3.63) is 78.6 Å². The Hall–Kier alpha value is -3.26. The van der Waals surface area contributed by atoms with Crippen molar-refractivity contribution in [3.8, 4) is 11.8 Å². The fraction of sp³-hybridized carbons (Fsp3) is 0.150. The van der Waals surface area contributed by atoms with Gasteiger partial charge in [-0.3, -0.25) is 4.79 Å². The van der Waals surface area contributed by atoms with E-state index in [0.29, 0.717) is 11.4 Å². The van der Waals surface area contributed by atoms with Gasteiger partial charge in [0.15, 0.2) is 9.84 Å². The standard InChI is InChI=1S/C20H19N3O4S/c1-28(25,26)18(14-15-6-3-2-4-7-15)19(24)23-16-8-10-17(11-9-16)27-20-21-12-5-13-22-20/h2-13,18H,14H2,1H3,(H,23,24). The fourth-order valence-corrected chi connectivity index (χ4v) is 3.48. The smallest absolute Gasteiger partial charge is 0.321 e. The van der Waals surface area contributed by atoms with Crippen LogP contribution in [0.15, 0.2) is 73.1 Å². The van der Waals surface area contributed by atoms with Crippen LogP contribution in [0.25, 0.3) is 0 Å². The van der Waals surface area contributed by atoms with E-state index >= 15 is 0 Å². The Balaban J connectivity index is 1.69. The lowest BCUT2D eigenvalue weighted by molar-refractivity contribution is -0.115. The molecule has 3 rings (SSSR count). The van der Waals surface area contributed by atoms with Gasteiger partial charge in [0.2, 0.25) is 5.91 Å².